The van der Waals surface area contributed by atoms with E-state index >= 15 is 0 Å². The average molecular weight is 405 g/mol. The van der Waals surface area contributed by atoms with E-state index in [0.717, 1.165) is 47.8 Å². The quantitative estimate of drug-likeness (QED) is 0.712. The summed E-state index contributed by atoms with van der Waals surface area (Å²) in [5.74, 6) is 1.38. The Balaban J connectivity index is 1.59. The van der Waals surface area contributed by atoms with Crippen LogP contribution in [0.4, 0.5) is 5.82 Å². The summed E-state index contributed by atoms with van der Waals surface area (Å²) in [5.41, 5.74) is 8.12. The lowest BCUT2D eigenvalue weighted by atomic mass is 9.97. The van der Waals surface area contributed by atoms with Gasteiger partial charge in [0.1, 0.15) is 10.6 Å². The van der Waals surface area contributed by atoms with Gasteiger partial charge in [-0.3, -0.25) is 4.79 Å². The molecule has 1 atom stereocenters. The van der Waals surface area contributed by atoms with Crippen LogP contribution in [0, 0.1) is 5.92 Å². The molecule has 1 fully saturated rings. The number of amides is 1. The van der Waals surface area contributed by atoms with Crippen LogP contribution >= 0.6 is 11.3 Å². The molecule has 6 heteroatoms. The van der Waals surface area contributed by atoms with Crippen molar-refractivity contribution in [1.29, 1.82) is 0 Å². The van der Waals surface area contributed by atoms with E-state index < -0.39 is 0 Å². The Bertz CT molecular complexity index is 1090. The highest BCUT2D eigenvalue weighted by atomic mass is 32.1. The average Bonchev–Trinajstić information content (AvgIpc) is 3.37. The number of carbonyl (C=O) groups excluding carboxylic acids is 1. The second kappa shape index (κ2) is 7.59. The van der Waals surface area contributed by atoms with Crippen molar-refractivity contribution in [2.75, 3.05) is 18.0 Å². The molecule has 1 saturated heterocycles. The number of hydrogen-bond donors (Lipinski definition) is 1. The number of nitrogens with two attached hydrogens (primary N) is 1. The third-order valence-electron chi connectivity index (χ3n) is 5.93. The number of aromatic nitrogens is 2. The molecule has 1 aromatic carbocycles. The second-order valence-electron chi connectivity index (χ2n) is 7.87. The number of fused-ring (bicyclic) bond motifs is 3. The Kier molecular flexibility index (Phi) is 4.79. The molecule has 0 saturated carbocycles. The highest BCUT2D eigenvalue weighted by molar-refractivity contribution is 7.19. The summed E-state index contributed by atoms with van der Waals surface area (Å²) in [7, 11) is 0. The standard InChI is InChI=1S/C23H24N4OS/c24-21(28)16-12-13-27(14-16)22-20-17-8-4-5-9-18(17)29-23(20)26-19(25-22)11-10-15-6-2-1-3-7-15/h1-3,6-7,10-11,16H,4-5,8-9,12-14H2,(H2,24,28). The maximum absolute atomic E-state index is 11.7. The minimum atomic E-state index is -0.214. The lowest BCUT2D eigenvalue weighted by Crippen LogP contribution is -2.28. The van der Waals surface area contributed by atoms with Gasteiger partial charge >= 0.3 is 0 Å². The number of primary amides is 1. The molecule has 1 unspecified atom stereocenters. The van der Waals surface area contributed by atoms with Crippen LogP contribution < -0.4 is 10.6 Å². The Morgan fingerprint density at radius 1 is 1.14 bits per heavy atom. The van der Waals surface area contributed by atoms with E-state index in [1.165, 1.54) is 28.7 Å². The first-order valence-electron chi connectivity index (χ1n) is 10.3. The molecule has 3 aromatic rings. The van der Waals surface area contributed by atoms with E-state index in [-0.39, 0.29) is 11.8 Å². The SMILES string of the molecule is NC(=O)C1CCN(c2nc(C=Cc3ccccc3)nc3sc4c(c23)CCCC4)C1. The zero-order chi connectivity index (χ0) is 19.8. The third-order valence-corrected chi connectivity index (χ3v) is 7.11. The Morgan fingerprint density at radius 3 is 2.76 bits per heavy atom. The normalized spacial score (nSPS) is 19.2. The minimum absolute atomic E-state index is 0.0993. The van der Waals surface area contributed by atoms with Crippen LogP contribution in [0.15, 0.2) is 30.3 Å². The predicted molar refractivity (Wildman–Crippen MR) is 119 cm³/mol. The number of benzene rings is 1. The summed E-state index contributed by atoms with van der Waals surface area (Å²) in [6.07, 6.45) is 9.52. The molecule has 1 amide bonds. The molecular formula is C23H24N4OS. The molecule has 148 valence electrons. The maximum Gasteiger partial charge on any atom is 0.222 e. The van der Waals surface area contributed by atoms with Gasteiger partial charge in [-0.15, -0.1) is 11.3 Å². The van der Waals surface area contributed by atoms with E-state index in [9.17, 15) is 4.79 Å². The summed E-state index contributed by atoms with van der Waals surface area (Å²) >= 11 is 1.81. The number of nitrogens with zero attached hydrogens (tertiary/aromatic N) is 3. The summed E-state index contributed by atoms with van der Waals surface area (Å²) in [5, 5.41) is 1.20. The highest BCUT2D eigenvalue weighted by Gasteiger charge is 2.30. The molecule has 2 aromatic heterocycles. The van der Waals surface area contributed by atoms with Crippen LogP contribution in [0.3, 0.4) is 0 Å². The van der Waals surface area contributed by atoms with E-state index in [1.54, 1.807) is 0 Å². The van der Waals surface area contributed by atoms with Gasteiger partial charge in [-0.1, -0.05) is 36.4 Å². The van der Waals surface area contributed by atoms with Gasteiger partial charge in [0, 0.05) is 18.0 Å². The summed E-state index contributed by atoms with van der Waals surface area (Å²) < 4.78 is 0. The lowest BCUT2D eigenvalue weighted by molar-refractivity contribution is -0.121. The van der Waals surface area contributed by atoms with Gasteiger partial charge in [-0.25, -0.2) is 9.97 Å². The Labute approximate surface area is 174 Å². The van der Waals surface area contributed by atoms with Crippen LogP contribution in [0.25, 0.3) is 22.4 Å². The van der Waals surface area contributed by atoms with Crippen molar-refractivity contribution in [2.45, 2.75) is 32.1 Å². The molecular weight excluding hydrogens is 380 g/mol. The highest BCUT2D eigenvalue weighted by Crippen LogP contribution is 2.41. The molecule has 0 radical (unpaired) electrons. The van der Waals surface area contributed by atoms with Gasteiger partial charge < -0.3 is 10.6 Å². The first-order chi connectivity index (χ1) is 14.2. The van der Waals surface area contributed by atoms with Gasteiger partial charge in [0.15, 0.2) is 5.82 Å². The molecule has 0 bridgehead atoms. The fourth-order valence-electron chi connectivity index (χ4n) is 4.38. The topological polar surface area (TPSA) is 72.1 Å². The van der Waals surface area contributed by atoms with Gasteiger partial charge in [0.05, 0.1) is 11.3 Å². The van der Waals surface area contributed by atoms with Gasteiger partial charge in [0.2, 0.25) is 5.91 Å². The molecule has 5 rings (SSSR count). The molecule has 0 spiro atoms. The van der Waals surface area contributed by atoms with Crippen LogP contribution in [0.5, 0.6) is 0 Å². The van der Waals surface area contributed by atoms with Crippen molar-refractivity contribution < 1.29 is 4.79 Å². The molecule has 29 heavy (non-hydrogen) atoms. The zero-order valence-electron chi connectivity index (χ0n) is 16.3. The number of carbonyl (C=O) groups is 1. The predicted octanol–water partition coefficient (Wildman–Crippen LogP) is 4.05. The number of thiophene rings is 1. The zero-order valence-corrected chi connectivity index (χ0v) is 17.1. The number of hydrogen-bond acceptors (Lipinski definition) is 5. The van der Waals surface area contributed by atoms with Gasteiger partial charge in [-0.2, -0.15) is 0 Å². The van der Waals surface area contributed by atoms with E-state index in [2.05, 4.69) is 23.1 Å². The first kappa shape index (κ1) is 18.3. The van der Waals surface area contributed by atoms with Crippen molar-refractivity contribution in [2.24, 2.45) is 11.7 Å². The number of rotatable bonds is 4. The van der Waals surface area contributed by atoms with Gasteiger partial charge in [0.25, 0.3) is 0 Å². The minimum Gasteiger partial charge on any atom is -0.369 e. The van der Waals surface area contributed by atoms with Crippen molar-refractivity contribution in [1.82, 2.24) is 9.97 Å². The largest absolute Gasteiger partial charge is 0.369 e. The molecule has 1 aliphatic carbocycles. The molecule has 3 heterocycles. The van der Waals surface area contributed by atoms with Crippen molar-refractivity contribution in [3.05, 3.63) is 52.2 Å². The van der Waals surface area contributed by atoms with Crippen molar-refractivity contribution in [3.8, 4) is 0 Å². The fourth-order valence-corrected chi connectivity index (χ4v) is 5.64. The van der Waals surface area contributed by atoms with E-state index in [4.69, 9.17) is 15.7 Å². The van der Waals surface area contributed by atoms with Crippen LogP contribution in [-0.2, 0) is 17.6 Å². The monoisotopic (exact) mass is 404 g/mol. The van der Waals surface area contributed by atoms with E-state index in [1.807, 2.05) is 35.6 Å². The van der Waals surface area contributed by atoms with Crippen LogP contribution in [0.1, 0.15) is 41.1 Å². The van der Waals surface area contributed by atoms with Crippen molar-refractivity contribution in [3.63, 3.8) is 0 Å². The third kappa shape index (κ3) is 3.53. The molecule has 2 aliphatic rings. The maximum atomic E-state index is 11.7. The Hall–Kier alpha value is -2.73. The second-order valence-corrected chi connectivity index (χ2v) is 8.96. The Morgan fingerprint density at radius 2 is 1.97 bits per heavy atom. The van der Waals surface area contributed by atoms with Crippen molar-refractivity contribution >= 4 is 45.4 Å². The fraction of sp³-hybridized carbons (Fsp3) is 0.348. The molecule has 1 aliphatic heterocycles. The summed E-state index contributed by atoms with van der Waals surface area (Å²) in [6.45, 7) is 1.46. The number of aryl methyl sites for hydroxylation is 2. The first-order valence-corrected chi connectivity index (χ1v) is 11.1. The molecule has 5 nitrogen and oxygen atoms in total. The van der Waals surface area contributed by atoms with Gasteiger partial charge in [-0.05, 0) is 49.3 Å². The van der Waals surface area contributed by atoms with Crippen LogP contribution in [0.2, 0.25) is 0 Å². The summed E-state index contributed by atoms with van der Waals surface area (Å²) in [6, 6.07) is 10.2. The number of anilines is 1. The van der Waals surface area contributed by atoms with E-state index in [0.29, 0.717) is 6.54 Å². The smallest absolute Gasteiger partial charge is 0.222 e. The lowest BCUT2D eigenvalue weighted by Gasteiger charge is -2.20. The summed E-state index contributed by atoms with van der Waals surface area (Å²) in [4.78, 5) is 26.3. The molecule has 2 N–H and O–H groups in total. The van der Waals surface area contributed by atoms with Crippen LogP contribution in [-0.4, -0.2) is 29.0 Å².